The van der Waals surface area contributed by atoms with E-state index in [2.05, 4.69) is 5.32 Å². The Morgan fingerprint density at radius 1 is 1.10 bits per heavy atom. The summed E-state index contributed by atoms with van der Waals surface area (Å²) in [5.41, 5.74) is -0.0486. The zero-order chi connectivity index (χ0) is 22.1. The van der Waals surface area contributed by atoms with Crippen LogP contribution in [0.25, 0.3) is 0 Å². The van der Waals surface area contributed by atoms with Crippen LogP contribution in [-0.2, 0) is 9.53 Å². The van der Waals surface area contributed by atoms with E-state index in [1.54, 1.807) is 12.1 Å². The third kappa shape index (κ3) is 5.94. The predicted molar refractivity (Wildman–Crippen MR) is 110 cm³/mol. The average molecular weight is 416 g/mol. The van der Waals surface area contributed by atoms with E-state index >= 15 is 0 Å². The molecule has 0 aliphatic carbocycles. The number of nitrogens with zero attached hydrogens (tertiary/aromatic N) is 1. The standard InChI is InChI=1S/C21H24N2O7/c1-4-12-29-18-11-10-15(13-19(18)28-5-2)21(25)30-14(3)20(24)22-16-8-6-7-9-17(16)23(26)27/h6-11,13-14H,4-5,12H2,1-3H3,(H,22,24). The number of amides is 1. The third-order valence-corrected chi connectivity index (χ3v) is 3.95. The number of nitro groups is 1. The highest BCUT2D eigenvalue weighted by molar-refractivity contribution is 5.98. The van der Waals surface area contributed by atoms with Crippen molar-refractivity contribution in [1.29, 1.82) is 0 Å². The Labute approximate surface area is 174 Å². The molecule has 2 rings (SSSR count). The van der Waals surface area contributed by atoms with Gasteiger partial charge in [0.2, 0.25) is 0 Å². The zero-order valence-corrected chi connectivity index (χ0v) is 17.0. The Hall–Kier alpha value is -3.62. The van der Waals surface area contributed by atoms with Gasteiger partial charge in [0, 0.05) is 6.07 Å². The molecule has 0 heterocycles. The molecule has 0 radical (unpaired) electrons. The number of nitrogens with one attached hydrogen (secondary N) is 1. The molecule has 9 heteroatoms. The Kier molecular flexibility index (Phi) is 8.16. The Morgan fingerprint density at radius 2 is 1.83 bits per heavy atom. The molecule has 0 aliphatic rings. The first-order valence-electron chi connectivity index (χ1n) is 9.52. The van der Waals surface area contributed by atoms with E-state index in [-0.39, 0.29) is 16.9 Å². The van der Waals surface area contributed by atoms with Crippen LogP contribution in [0.4, 0.5) is 11.4 Å². The second-order valence-corrected chi connectivity index (χ2v) is 6.25. The second kappa shape index (κ2) is 10.8. The van der Waals surface area contributed by atoms with Gasteiger partial charge in [0.15, 0.2) is 17.6 Å². The molecule has 0 aromatic heterocycles. The van der Waals surface area contributed by atoms with Crippen LogP contribution in [-0.4, -0.2) is 36.1 Å². The van der Waals surface area contributed by atoms with E-state index in [0.29, 0.717) is 24.7 Å². The molecule has 0 bridgehead atoms. The minimum absolute atomic E-state index is 0.0199. The third-order valence-electron chi connectivity index (χ3n) is 3.95. The molecule has 30 heavy (non-hydrogen) atoms. The van der Waals surface area contributed by atoms with Gasteiger partial charge in [-0.25, -0.2) is 4.79 Å². The van der Waals surface area contributed by atoms with Gasteiger partial charge < -0.3 is 19.5 Å². The maximum absolute atomic E-state index is 12.5. The van der Waals surface area contributed by atoms with E-state index in [4.69, 9.17) is 14.2 Å². The topological polar surface area (TPSA) is 117 Å². The van der Waals surface area contributed by atoms with Crippen LogP contribution >= 0.6 is 0 Å². The van der Waals surface area contributed by atoms with E-state index in [0.717, 1.165) is 6.42 Å². The van der Waals surface area contributed by atoms with Crippen LogP contribution in [0.15, 0.2) is 42.5 Å². The maximum Gasteiger partial charge on any atom is 0.339 e. The molecule has 2 aromatic carbocycles. The van der Waals surface area contributed by atoms with Gasteiger partial charge in [-0.05, 0) is 44.5 Å². The van der Waals surface area contributed by atoms with E-state index in [1.165, 1.54) is 37.3 Å². The van der Waals surface area contributed by atoms with E-state index in [9.17, 15) is 19.7 Å². The number of ether oxygens (including phenoxy) is 3. The van der Waals surface area contributed by atoms with E-state index in [1.807, 2.05) is 13.8 Å². The summed E-state index contributed by atoms with van der Waals surface area (Å²) >= 11 is 0. The Balaban J connectivity index is 2.08. The lowest BCUT2D eigenvalue weighted by Gasteiger charge is -2.15. The number of nitro benzene ring substituents is 1. The zero-order valence-electron chi connectivity index (χ0n) is 17.0. The van der Waals surface area contributed by atoms with Gasteiger partial charge in [-0.1, -0.05) is 19.1 Å². The number of carbonyl (C=O) groups excluding carboxylic acids is 2. The Morgan fingerprint density at radius 3 is 2.50 bits per heavy atom. The maximum atomic E-state index is 12.5. The highest BCUT2D eigenvalue weighted by atomic mass is 16.6. The first-order chi connectivity index (χ1) is 14.4. The molecule has 160 valence electrons. The van der Waals surface area contributed by atoms with Crippen LogP contribution in [0, 0.1) is 10.1 Å². The molecule has 9 nitrogen and oxygen atoms in total. The number of carbonyl (C=O) groups is 2. The van der Waals surface area contributed by atoms with Crippen molar-refractivity contribution in [3.8, 4) is 11.5 Å². The minimum atomic E-state index is -1.18. The lowest BCUT2D eigenvalue weighted by atomic mass is 10.2. The lowest BCUT2D eigenvalue weighted by molar-refractivity contribution is -0.383. The quantitative estimate of drug-likeness (QED) is 0.354. The average Bonchev–Trinajstić information content (AvgIpc) is 2.73. The van der Waals surface area contributed by atoms with Crippen molar-refractivity contribution in [3.63, 3.8) is 0 Å². The van der Waals surface area contributed by atoms with Crippen LogP contribution in [0.2, 0.25) is 0 Å². The van der Waals surface area contributed by atoms with Gasteiger partial charge >= 0.3 is 5.97 Å². The summed E-state index contributed by atoms with van der Waals surface area (Å²) in [7, 11) is 0. The van der Waals surface area contributed by atoms with Crippen molar-refractivity contribution in [3.05, 3.63) is 58.1 Å². The molecule has 1 N–H and O–H groups in total. The van der Waals surface area contributed by atoms with Gasteiger partial charge in [-0.2, -0.15) is 0 Å². The summed E-state index contributed by atoms with van der Waals surface area (Å²) < 4.78 is 16.3. The smallest absolute Gasteiger partial charge is 0.339 e. The minimum Gasteiger partial charge on any atom is -0.490 e. The van der Waals surface area contributed by atoms with Crippen molar-refractivity contribution in [2.45, 2.75) is 33.3 Å². The van der Waals surface area contributed by atoms with Crippen LogP contribution in [0.1, 0.15) is 37.6 Å². The Bertz CT molecular complexity index is 914. The van der Waals surface area contributed by atoms with Gasteiger partial charge in [-0.3, -0.25) is 14.9 Å². The van der Waals surface area contributed by atoms with Gasteiger partial charge in [0.1, 0.15) is 5.69 Å². The number of esters is 1. The second-order valence-electron chi connectivity index (χ2n) is 6.25. The largest absolute Gasteiger partial charge is 0.490 e. The van der Waals surface area contributed by atoms with Crippen LogP contribution in [0.3, 0.4) is 0 Å². The molecule has 0 saturated heterocycles. The fourth-order valence-corrected chi connectivity index (χ4v) is 2.49. The number of hydrogen-bond acceptors (Lipinski definition) is 7. The summed E-state index contributed by atoms with van der Waals surface area (Å²) in [4.78, 5) is 35.3. The molecule has 1 unspecified atom stereocenters. The first kappa shape index (κ1) is 22.7. The summed E-state index contributed by atoms with van der Waals surface area (Å²) in [6.45, 7) is 6.05. The molecule has 0 fully saturated rings. The number of benzene rings is 2. The number of hydrogen-bond donors (Lipinski definition) is 1. The fourth-order valence-electron chi connectivity index (χ4n) is 2.49. The number of anilines is 1. The molecule has 2 aromatic rings. The molecule has 0 spiro atoms. The summed E-state index contributed by atoms with van der Waals surface area (Å²) in [5, 5.41) is 13.5. The molecular weight excluding hydrogens is 392 g/mol. The lowest BCUT2D eigenvalue weighted by Crippen LogP contribution is -2.30. The summed E-state index contributed by atoms with van der Waals surface area (Å²) in [6.07, 6.45) is -0.356. The summed E-state index contributed by atoms with van der Waals surface area (Å²) in [6, 6.07) is 10.3. The molecule has 0 aliphatic heterocycles. The van der Waals surface area contributed by atoms with Crippen LogP contribution in [0.5, 0.6) is 11.5 Å². The highest BCUT2D eigenvalue weighted by Gasteiger charge is 2.23. The van der Waals surface area contributed by atoms with Crippen LogP contribution < -0.4 is 14.8 Å². The first-order valence-corrected chi connectivity index (χ1v) is 9.52. The molecule has 1 amide bonds. The van der Waals surface area contributed by atoms with Crippen molar-refractivity contribution in [2.24, 2.45) is 0 Å². The highest BCUT2D eigenvalue weighted by Crippen LogP contribution is 2.29. The molecular formula is C21H24N2O7. The van der Waals surface area contributed by atoms with E-state index < -0.39 is 22.9 Å². The van der Waals surface area contributed by atoms with Crippen molar-refractivity contribution >= 4 is 23.3 Å². The molecule has 0 saturated carbocycles. The van der Waals surface area contributed by atoms with Gasteiger partial charge in [0.05, 0.1) is 23.7 Å². The molecule has 1 atom stereocenters. The normalized spacial score (nSPS) is 11.3. The van der Waals surface area contributed by atoms with Gasteiger partial charge in [0.25, 0.3) is 11.6 Å². The van der Waals surface area contributed by atoms with Gasteiger partial charge in [-0.15, -0.1) is 0 Å². The SMILES string of the molecule is CCCOc1ccc(C(=O)OC(C)C(=O)Nc2ccccc2[N+](=O)[O-])cc1OCC. The predicted octanol–water partition coefficient (Wildman–Crippen LogP) is 3.97. The summed E-state index contributed by atoms with van der Waals surface area (Å²) in [5.74, 6) is -0.511. The number of rotatable bonds is 10. The fraction of sp³-hybridized carbons (Fsp3) is 0.333. The van der Waals surface area contributed by atoms with Crippen molar-refractivity contribution in [2.75, 3.05) is 18.5 Å². The van der Waals surface area contributed by atoms with Crippen molar-refractivity contribution < 1.29 is 28.7 Å². The van der Waals surface area contributed by atoms with Crippen molar-refractivity contribution in [1.82, 2.24) is 0 Å². The monoisotopic (exact) mass is 416 g/mol. The number of para-hydroxylation sites is 2.